The normalized spacial score (nSPS) is 17.3. The van der Waals surface area contributed by atoms with Crippen LogP contribution in [0.4, 0.5) is 5.69 Å². The summed E-state index contributed by atoms with van der Waals surface area (Å²) in [5.74, 6) is 2.40. The van der Waals surface area contributed by atoms with Gasteiger partial charge in [0.1, 0.15) is 5.75 Å². The van der Waals surface area contributed by atoms with E-state index < -0.39 is 0 Å². The molecule has 2 heteroatoms. The average Bonchev–Trinajstić information content (AvgIpc) is 2.39. The van der Waals surface area contributed by atoms with Crippen molar-refractivity contribution >= 4 is 5.69 Å². The Morgan fingerprint density at radius 2 is 1.89 bits per heavy atom. The van der Waals surface area contributed by atoms with Crippen LogP contribution in [0.5, 0.6) is 5.75 Å². The van der Waals surface area contributed by atoms with E-state index in [9.17, 15) is 0 Å². The number of hydrogen-bond donors (Lipinski definition) is 0. The molecule has 100 valence electrons. The van der Waals surface area contributed by atoms with Gasteiger partial charge in [-0.15, -0.1) is 0 Å². The molecule has 0 spiro atoms. The molecule has 2 rings (SSSR count). The zero-order valence-corrected chi connectivity index (χ0v) is 12.1. The maximum atomic E-state index is 5.45. The zero-order valence-electron chi connectivity index (χ0n) is 12.1. The third-order valence-electron chi connectivity index (χ3n) is 3.98. The van der Waals surface area contributed by atoms with Crippen molar-refractivity contribution in [1.82, 2.24) is 0 Å². The second kappa shape index (κ2) is 5.64. The van der Waals surface area contributed by atoms with Crippen LogP contribution >= 0.6 is 0 Å². The third kappa shape index (κ3) is 2.80. The highest BCUT2D eigenvalue weighted by atomic mass is 16.5. The van der Waals surface area contributed by atoms with Gasteiger partial charge in [0.05, 0.1) is 7.11 Å². The molecule has 1 heterocycles. The summed E-state index contributed by atoms with van der Waals surface area (Å²) in [5.41, 5.74) is 2.67. The van der Waals surface area contributed by atoms with Gasteiger partial charge in [0.2, 0.25) is 0 Å². The Morgan fingerprint density at radius 1 is 1.22 bits per heavy atom. The highest BCUT2D eigenvalue weighted by Crippen LogP contribution is 2.32. The molecule has 0 unspecified atom stereocenters. The van der Waals surface area contributed by atoms with E-state index in [0.717, 1.165) is 11.7 Å². The van der Waals surface area contributed by atoms with Crippen LogP contribution in [0, 0.1) is 5.92 Å². The van der Waals surface area contributed by atoms with Crippen LogP contribution in [0.2, 0.25) is 0 Å². The minimum absolute atomic E-state index is 0.503. The lowest BCUT2D eigenvalue weighted by Crippen LogP contribution is -2.32. The Morgan fingerprint density at radius 3 is 2.44 bits per heavy atom. The van der Waals surface area contributed by atoms with Crippen LogP contribution in [0.25, 0.3) is 0 Å². The SMILES string of the molecule is COc1ccc(N2CCC(C)CC2)cc1C(C)C. The summed E-state index contributed by atoms with van der Waals surface area (Å²) >= 11 is 0. The Balaban J connectivity index is 2.21. The summed E-state index contributed by atoms with van der Waals surface area (Å²) < 4.78 is 5.45. The van der Waals surface area contributed by atoms with Crippen LogP contribution in [0.15, 0.2) is 18.2 Å². The van der Waals surface area contributed by atoms with Crippen molar-refractivity contribution in [3.8, 4) is 5.75 Å². The molecule has 0 radical (unpaired) electrons. The fourth-order valence-corrected chi connectivity index (χ4v) is 2.64. The first-order chi connectivity index (χ1) is 8.61. The van der Waals surface area contributed by atoms with Gasteiger partial charge in [-0.05, 0) is 48.4 Å². The van der Waals surface area contributed by atoms with Crippen molar-refractivity contribution in [3.63, 3.8) is 0 Å². The Hall–Kier alpha value is -1.18. The number of rotatable bonds is 3. The predicted octanol–water partition coefficient (Wildman–Crippen LogP) is 4.05. The van der Waals surface area contributed by atoms with Crippen LogP contribution in [-0.4, -0.2) is 20.2 Å². The van der Waals surface area contributed by atoms with E-state index in [-0.39, 0.29) is 0 Å². The van der Waals surface area contributed by atoms with Crippen LogP contribution in [-0.2, 0) is 0 Å². The van der Waals surface area contributed by atoms with E-state index in [1.165, 1.54) is 37.2 Å². The van der Waals surface area contributed by atoms with Gasteiger partial charge in [-0.1, -0.05) is 20.8 Å². The Kier molecular flexibility index (Phi) is 4.15. The van der Waals surface area contributed by atoms with Gasteiger partial charge >= 0.3 is 0 Å². The van der Waals surface area contributed by atoms with Gasteiger partial charge in [0.15, 0.2) is 0 Å². The molecule has 18 heavy (non-hydrogen) atoms. The molecule has 2 nitrogen and oxygen atoms in total. The predicted molar refractivity (Wildman–Crippen MR) is 77.7 cm³/mol. The van der Waals surface area contributed by atoms with Gasteiger partial charge in [0.25, 0.3) is 0 Å². The van der Waals surface area contributed by atoms with E-state index in [2.05, 4.69) is 43.9 Å². The molecule has 1 saturated heterocycles. The summed E-state index contributed by atoms with van der Waals surface area (Å²) in [6.45, 7) is 9.17. The number of benzene rings is 1. The summed E-state index contributed by atoms with van der Waals surface area (Å²) in [6.07, 6.45) is 2.62. The minimum Gasteiger partial charge on any atom is -0.496 e. The smallest absolute Gasteiger partial charge is 0.122 e. The van der Waals surface area contributed by atoms with E-state index >= 15 is 0 Å². The molecule has 0 N–H and O–H groups in total. The second-order valence-electron chi connectivity index (χ2n) is 5.75. The van der Waals surface area contributed by atoms with Crippen LogP contribution < -0.4 is 9.64 Å². The molecular formula is C16H25NO. The van der Waals surface area contributed by atoms with E-state index in [4.69, 9.17) is 4.74 Å². The van der Waals surface area contributed by atoms with Crippen molar-refractivity contribution in [3.05, 3.63) is 23.8 Å². The number of anilines is 1. The van der Waals surface area contributed by atoms with E-state index in [1.54, 1.807) is 7.11 Å². The molecule has 0 atom stereocenters. The fourth-order valence-electron chi connectivity index (χ4n) is 2.64. The van der Waals surface area contributed by atoms with Gasteiger partial charge in [-0.25, -0.2) is 0 Å². The average molecular weight is 247 g/mol. The number of hydrogen-bond acceptors (Lipinski definition) is 2. The van der Waals surface area contributed by atoms with E-state index in [1.807, 2.05) is 0 Å². The highest BCUT2D eigenvalue weighted by molar-refractivity contribution is 5.54. The Bertz CT molecular complexity index is 392. The zero-order chi connectivity index (χ0) is 13.1. The van der Waals surface area contributed by atoms with Crippen molar-refractivity contribution in [1.29, 1.82) is 0 Å². The largest absolute Gasteiger partial charge is 0.496 e. The monoisotopic (exact) mass is 247 g/mol. The first-order valence-electron chi connectivity index (χ1n) is 7.04. The van der Waals surface area contributed by atoms with E-state index in [0.29, 0.717) is 5.92 Å². The topological polar surface area (TPSA) is 12.5 Å². The molecule has 1 fully saturated rings. The summed E-state index contributed by atoms with van der Waals surface area (Å²) in [7, 11) is 1.75. The summed E-state index contributed by atoms with van der Waals surface area (Å²) in [4.78, 5) is 2.51. The highest BCUT2D eigenvalue weighted by Gasteiger charge is 2.17. The van der Waals surface area contributed by atoms with Gasteiger partial charge in [0, 0.05) is 18.8 Å². The number of piperidine rings is 1. The third-order valence-corrected chi connectivity index (χ3v) is 3.98. The lowest BCUT2D eigenvalue weighted by molar-refractivity contribution is 0.407. The van der Waals surface area contributed by atoms with Crippen molar-refractivity contribution < 1.29 is 4.74 Å². The van der Waals surface area contributed by atoms with Crippen molar-refractivity contribution in [2.24, 2.45) is 5.92 Å². The quantitative estimate of drug-likeness (QED) is 0.799. The van der Waals surface area contributed by atoms with Gasteiger partial charge in [-0.2, -0.15) is 0 Å². The van der Waals surface area contributed by atoms with Crippen LogP contribution in [0.1, 0.15) is 45.1 Å². The molecule has 1 aromatic rings. The summed E-state index contributed by atoms with van der Waals surface area (Å²) in [5, 5.41) is 0. The lowest BCUT2D eigenvalue weighted by atomic mass is 9.97. The molecule has 0 aromatic heterocycles. The standard InChI is InChI=1S/C16H25NO/c1-12(2)15-11-14(5-6-16(15)18-4)17-9-7-13(3)8-10-17/h5-6,11-13H,7-10H2,1-4H3. The van der Waals surface area contributed by atoms with Crippen molar-refractivity contribution in [2.45, 2.75) is 39.5 Å². The first-order valence-corrected chi connectivity index (χ1v) is 7.04. The number of nitrogens with zero attached hydrogens (tertiary/aromatic N) is 1. The second-order valence-corrected chi connectivity index (χ2v) is 5.75. The maximum Gasteiger partial charge on any atom is 0.122 e. The van der Waals surface area contributed by atoms with Gasteiger partial charge < -0.3 is 9.64 Å². The fraction of sp³-hybridized carbons (Fsp3) is 0.625. The molecule has 1 aliphatic rings. The maximum absolute atomic E-state index is 5.45. The Labute approximate surface area is 111 Å². The number of methoxy groups -OCH3 is 1. The van der Waals surface area contributed by atoms with Gasteiger partial charge in [-0.3, -0.25) is 0 Å². The lowest BCUT2D eigenvalue weighted by Gasteiger charge is -2.32. The molecule has 1 aliphatic heterocycles. The first kappa shape index (κ1) is 13.3. The molecule has 0 bridgehead atoms. The molecule has 0 saturated carbocycles. The molecule has 1 aromatic carbocycles. The minimum atomic E-state index is 0.503. The molecular weight excluding hydrogens is 222 g/mol. The number of ether oxygens (including phenoxy) is 1. The molecule has 0 aliphatic carbocycles. The van der Waals surface area contributed by atoms with Crippen molar-refractivity contribution in [2.75, 3.05) is 25.1 Å². The summed E-state index contributed by atoms with van der Waals surface area (Å²) in [6, 6.07) is 6.61. The molecule has 0 amide bonds. The van der Waals surface area contributed by atoms with Crippen LogP contribution in [0.3, 0.4) is 0 Å².